The number of anilines is 1. The van der Waals surface area contributed by atoms with Gasteiger partial charge in [-0.25, -0.2) is 9.37 Å². The standard InChI is InChI=1S/C12H9FN4O2S/c1-19-8-4-6(13)5-9-10(8)15-12(20-9)16-11(18)7-2-3-14-17-7/h2-5H,1H3,(H,14,17)(H,15,16,18). The third-order valence-corrected chi connectivity index (χ3v) is 3.53. The van der Waals surface area contributed by atoms with E-state index in [1.54, 1.807) is 6.07 Å². The summed E-state index contributed by atoms with van der Waals surface area (Å²) in [5.41, 5.74) is 0.834. The highest BCUT2D eigenvalue weighted by Crippen LogP contribution is 2.33. The van der Waals surface area contributed by atoms with E-state index in [9.17, 15) is 9.18 Å². The number of H-pyrrole nitrogens is 1. The molecule has 3 rings (SSSR count). The Bertz CT molecular complexity index is 769. The molecule has 0 bridgehead atoms. The molecule has 1 amide bonds. The molecular formula is C12H9FN4O2S. The van der Waals surface area contributed by atoms with Crippen molar-refractivity contribution in [1.29, 1.82) is 0 Å². The number of methoxy groups -OCH3 is 1. The van der Waals surface area contributed by atoms with Crippen molar-refractivity contribution in [3.8, 4) is 5.75 Å². The third-order valence-electron chi connectivity index (χ3n) is 2.61. The number of carbonyl (C=O) groups is 1. The topological polar surface area (TPSA) is 79.9 Å². The number of rotatable bonds is 3. The van der Waals surface area contributed by atoms with Gasteiger partial charge in [0.25, 0.3) is 5.91 Å². The van der Waals surface area contributed by atoms with Gasteiger partial charge in [-0.05, 0) is 12.1 Å². The van der Waals surface area contributed by atoms with E-state index >= 15 is 0 Å². The minimum atomic E-state index is -0.413. The van der Waals surface area contributed by atoms with E-state index in [4.69, 9.17) is 4.74 Å². The number of nitrogens with zero attached hydrogens (tertiary/aromatic N) is 2. The van der Waals surface area contributed by atoms with Crippen LogP contribution in [0.25, 0.3) is 10.2 Å². The Kier molecular flexibility index (Phi) is 3.07. The van der Waals surface area contributed by atoms with Crippen molar-refractivity contribution in [3.63, 3.8) is 0 Å². The highest BCUT2D eigenvalue weighted by Gasteiger charge is 2.14. The van der Waals surface area contributed by atoms with E-state index in [0.29, 0.717) is 26.8 Å². The van der Waals surface area contributed by atoms with Crippen LogP contribution < -0.4 is 10.1 Å². The Labute approximate surface area is 116 Å². The van der Waals surface area contributed by atoms with Crippen molar-refractivity contribution < 1.29 is 13.9 Å². The summed E-state index contributed by atoms with van der Waals surface area (Å²) in [5.74, 6) is -0.441. The molecule has 2 aromatic heterocycles. The summed E-state index contributed by atoms with van der Waals surface area (Å²) in [7, 11) is 1.44. The van der Waals surface area contributed by atoms with Crippen molar-refractivity contribution >= 4 is 32.6 Å². The van der Waals surface area contributed by atoms with Crippen molar-refractivity contribution in [2.45, 2.75) is 0 Å². The summed E-state index contributed by atoms with van der Waals surface area (Å²) in [6.45, 7) is 0. The van der Waals surface area contributed by atoms with Crippen molar-refractivity contribution in [2.24, 2.45) is 0 Å². The highest BCUT2D eigenvalue weighted by atomic mass is 32.1. The SMILES string of the molecule is COc1cc(F)cc2sc(NC(=O)c3ccn[nH]3)nc12. The van der Waals surface area contributed by atoms with E-state index in [0.717, 1.165) is 0 Å². The molecule has 3 aromatic rings. The minimum absolute atomic E-state index is 0.322. The number of fused-ring (bicyclic) bond motifs is 1. The molecule has 8 heteroatoms. The van der Waals surface area contributed by atoms with E-state index in [1.165, 1.54) is 36.8 Å². The third kappa shape index (κ3) is 2.21. The van der Waals surface area contributed by atoms with Crippen LogP contribution in [-0.2, 0) is 0 Å². The molecule has 0 saturated carbocycles. The summed E-state index contributed by atoms with van der Waals surface area (Å²) in [4.78, 5) is 16.1. The predicted molar refractivity (Wildman–Crippen MR) is 72.7 cm³/mol. The van der Waals surface area contributed by atoms with Gasteiger partial charge in [-0.1, -0.05) is 11.3 Å². The van der Waals surface area contributed by atoms with Crippen LogP contribution in [0.1, 0.15) is 10.5 Å². The first-order chi connectivity index (χ1) is 9.67. The van der Waals surface area contributed by atoms with Gasteiger partial charge in [-0.2, -0.15) is 5.10 Å². The zero-order chi connectivity index (χ0) is 14.1. The molecule has 2 heterocycles. The summed E-state index contributed by atoms with van der Waals surface area (Å²) >= 11 is 1.17. The van der Waals surface area contributed by atoms with Crippen LogP contribution >= 0.6 is 11.3 Å². The lowest BCUT2D eigenvalue weighted by Gasteiger charge is -1.99. The van der Waals surface area contributed by atoms with Gasteiger partial charge in [-0.15, -0.1) is 0 Å². The molecule has 0 atom stereocenters. The molecule has 6 nitrogen and oxygen atoms in total. The first kappa shape index (κ1) is 12.5. The minimum Gasteiger partial charge on any atom is -0.494 e. The molecule has 0 aliphatic carbocycles. The number of thiazole rings is 1. The van der Waals surface area contributed by atoms with Gasteiger partial charge in [0.2, 0.25) is 0 Å². The number of nitrogens with one attached hydrogen (secondary N) is 2. The van der Waals surface area contributed by atoms with Gasteiger partial charge in [0.15, 0.2) is 5.13 Å². The molecule has 20 heavy (non-hydrogen) atoms. The Morgan fingerprint density at radius 3 is 3.05 bits per heavy atom. The maximum absolute atomic E-state index is 13.4. The Balaban J connectivity index is 1.95. The number of benzene rings is 1. The van der Waals surface area contributed by atoms with Crippen molar-refractivity contribution in [2.75, 3.05) is 12.4 Å². The number of amides is 1. The summed E-state index contributed by atoms with van der Waals surface area (Å²) in [6.07, 6.45) is 1.48. The fourth-order valence-electron chi connectivity index (χ4n) is 1.72. The fourth-order valence-corrected chi connectivity index (χ4v) is 2.63. The Morgan fingerprint density at radius 1 is 1.50 bits per heavy atom. The second kappa shape index (κ2) is 4.89. The lowest BCUT2D eigenvalue weighted by molar-refractivity contribution is 0.102. The van der Waals surface area contributed by atoms with E-state index in [1.807, 2.05) is 0 Å². The lowest BCUT2D eigenvalue weighted by atomic mass is 10.3. The normalized spacial score (nSPS) is 10.7. The lowest BCUT2D eigenvalue weighted by Crippen LogP contribution is -2.11. The average molecular weight is 292 g/mol. The predicted octanol–water partition coefficient (Wildman–Crippen LogP) is 2.42. The largest absolute Gasteiger partial charge is 0.494 e. The van der Waals surface area contributed by atoms with E-state index in [2.05, 4.69) is 20.5 Å². The molecule has 0 aliphatic heterocycles. The zero-order valence-corrected chi connectivity index (χ0v) is 11.1. The molecule has 0 aliphatic rings. The van der Waals surface area contributed by atoms with Crippen LogP contribution in [0.2, 0.25) is 0 Å². The number of hydrogen-bond donors (Lipinski definition) is 2. The fraction of sp³-hybridized carbons (Fsp3) is 0.0833. The van der Waals surface area contributed by atoms with Gasteiger partial charge < -0.3 is 4.74 Å². The van der Waals surface area contributed by atoms with Crippen molar-refractivity contribution in [3.05, 3.63) is 35.9 Å². The second-order valence-electron chi connectivity index (χ2n) is 3.90. The maximum atomic E-state index is 13.4. The van der Waals surface area contributed by atoms with Gasteiger partial charge in [-0.3, -0.25) is 15.2 Å². The summed E-state index contributed by atoms with van der Waals surface area (Å²) in [6, 6.07) is 4.15. The highest BCUT2D eigenvalue weighted by molar-refractivity contribution is 7.22. The number of aromatic amines is 1. The van der Waals surface area contributed by atoms with Crippen LogP contribution in [0.5, 0.6) is 5.75 Å². The van der Waals surface area contributed by atoms with Crippen molar-refractivity contribution in [1.82, 2.24) is 15.2 Å². The number of carbonyl (C=O) groups excluding carboxylic acids is 1. The number of aromatic nitrogens is 3. The van der Waals surface area contributed by atoms with Crippen LogP contribution in [0.4, 0.5) is 9.52 Å². The van der Waals surface area contributed by atoms with E-state index in [-0.39, 0.29) is 5.91 Å². The summed E-state index contributed by atoms with van der Waals surface area (Å²) in [5, 5.41) is 9.23. The molecule has 0 radical (unpaired) electrons. The van der Waals surface area contributed by atoms with Crippen LogP contribution in [-0.4, -0.2) is 28.2 Å². The first-order valence-corrected chi connectivity index (χ1v) is 6.44. The number of ether oxygens (including phenoxy) is 1. The second-order valence-corrected chi connectivity index (χ2v) is 4.93. The molecular weight excluding hydrogens is 283 g/mol. The Hall–Kier alpha value is -2.48. The maximum Gasteiger partial charge on any atom is 0.275 e. The van der Waals surface area contributed by atoms with Gasteiger partial charge in [0.1, 0.15) is 22.8 Å². The van der Waals surface area contributed by atoms with Crippen LogP contribution in [0, 0.1) is 5.82 Å². The van der Waals surface area contributed by atoms with Crippen LogP contribution in [0.3, 0.4) is 0 Å². The molecule has 0 spiro atoms. The quantitative estimate of drug-likeness (QED) is 0.777. The molecule has 0 fully saturated rings. The molecule has 0 unspecified atom stereocenters. The molecule has 2 N–H and O–H groups in total. The summed E-state index contributed by atoms with van der Waals surface area (Å²) < 4.78 is 19.1. The zero-order valence-electron chi connectivity index (χ0n) is 10.3. The van der Waals surface area contributed by atoms with Crippen LogP contribution in [0.15, 0.2) is 24.4 Å². The average Bonchev–Trinajstić information content (AvgIpc) is 3.05. The van der Waals surface area contributed by atoms with Gasteiger partial charge in [0, 0.05) is 12.3 Å². The van der Waals surface area contributed by atoms with E-state index < -0.39 is 5.82 Å². The van der Waals surface area contributed by atoms with Gasteiger partial charge in [0.05, 0.1) is 11.8 Å². The Morgan fingerprint density at radius 2 is 2.35 bits per heavy atom. The molecule has 1 aromatic carbocycles. The monoisotopic (exact) mass is 292 g/mol. The van der Waals surface area contributed by atoms with Gasteiger partial charge >= 0.3 is 0 Å². The molecule has 0 saturated heterocycles. The number of hydrogen-bond acceptors (Lipinski definition) is 5. The number of halogens is 1. The smallest absolute Gasteiger partial charge is 0.275 e. The molecule has 102 valence electrons. The first-order valence-electron chi connectivity index (χ1n) is 5.62.